The fourth-order valence-electron chi connectivity index (χ4n) is 3.44. The van der Waals surface area contributed by atoms with Crippen molar-refractivity contribution in [2.75, 3.05) is 27.7 Å². The molecule has 12 heteroatoms. The number of nitrogens with one attached hydrogen (secondary N) is 2. The Morgan fingerprint density at radius 3 is 2.08 bits per heavy atom. The first-order chi connectivity index (χ1) is 16.8. The number of sulfonamides is 2. The first kappa shape index (κ1) is 27.3. The average molecular weight is 552 g/mol. The van der Waals surface area contributed by atoms with Crippen LogP contribution in [0.15, 0.2) is 71.6 Å². The van der Waals surface area contributed by atoms with E-state index >= 15 is 0 Å². The molecule has 9 nitrogen and oxygen atoms in total. The van der Waals surface area contributed by atoms with Crippen molar-refractivity contribution in [2.45, 2.75) is 24.8 Å². The summed E-state index contributed by atoms with van der Waals surface area (Å²) in [6.07, 6.45) is 1.01. The van der Waals surface area contributed by atoms with E-state index in [2.05, 4.69) is 10.0 Å². The Morgan fingerprint density at radius 2 is 1.53 bits per heavy atom. The van der Waals surface area contributed by atoms with Gasteiger partial charge in [-0.2, -0.15) is 0 Å². The van der Waals surface area contributed by atoms with Crippen molar-refractivity contribution in [3.8, 4) is 5.75 Å². The maximum absolute atomic E-state index is 13.0. The number of aryl methyl sites for hydroxylation is 1. The predicted molar refractivity (Wildman–Crippen MR) is 142 cm³/mol. The number of anilines is 3. The van der Waals surface area contributed by atoms with E-state index in [1.54, 1.807) is 43.3 Å². The van der Waals surface area contributed by atoms with Crippen molar-refractivity contribution in [1.82, 2.24) is 0 Å². The highest BCUT2D eigenvalue weighted by Gasteiger charge is 2.30. The molecule has 0 fully saturated rings. The Morgan fingerprint density at radius 1 is 0.944 bits per heavy atom. The highest BCUT2D eigenvalue weighted by molar-refractivity contribution is 7.92. The summed E-state index contributed by atoms with van der Waals surface area (Å²) >= 11 is 6.06. The molecular weight excluding hydrogens is 526 g/mol. The van der Waals surface area contributed by atoms with E-state index in [-0.39, 0.29) is 4.90 Å². The van der Waals surface area contributed by atoms with Gasteiger partial charge < -0.3 is 10.1 Å². The Bertz CT molecular complexity index is 1460. The Hall–Kier alpha value is -3.28. The van der Waals surface area contributed by atoms with Crippen LogP contribution in [0.3, 0.4) is 0 Å². The Kier molecular flexibility index (Phi) is 8.17. The van der Waals surface area contributed by atoms with Crippen molar-refractivity contribution < 1.29 is 26.4 Å². The van der Waals surface area contributed by atoms with Gasteiger partial charge in [-0.05, 0) is 80.1 Å². The molecule has 0 aliphatic heterocycles. The number of methoxy groups -OCH3 is 1. The van der Waals surface area contributed by atoms with Crippen LogP contribution in [0.4, 0.5) is 17.1 Å². The number of ether oxygens (including phenoxy) is 1. The molecule has 1 atom stereocenters. The second-order valence-electron chi connectivity index (χ2n) is 8.01. The van der Waals surface area contributed by atoms with Gasteiger partial charge in [-0.3, -0.25) is 13.8 Å². The summed E-state index contributed by atoms with van der Waals surface area (Å²) in [5, 5.41) is 2.96. The van der Waals surface area contributed by atoms with E-state index in [0.717, 1.165) is 10.6 Å². The minimum absolute atomic E-state index is 0.0170. The number of rotatable bonds is 9. The lowest BCUT2D eigenvalue weighted by Gasteiger charge is -2.29. The van der Waals surface area contributed by atoms with E-state index in [1.165, 1.54) is 44.4 Å². The molecule has 0 spiro atoms. The third-order valence-electron chi connectivity index (χ3n) is 5.27. The van der Waals surface area contributed by atoms with Crippen LogP contribution in [0.1, 0.15) is 12.5 Å². The molecular formula is C24H26ClN3O6S2. The van der Waals surface area contributed by atoms with Crippen LogP contribution in [-0.2, 0) is 24.8 Å². The number of benzene rings is 3. The Balaban J connectivity index is 1.77. The molecule has 3 rings (SSSR count). The standard InChI is InChI=1S/C24H26ClN3O6S2/c1-16-5-6-18(25)15-23(16)28(35(4,30)31)17(2)24(29)26-19-9-13-22(14-10-19)36(32,33)27-20-7-11-21(34-3)12-8-20/h5-15,17,27H,1-4H3,(H,26,29)/t17-/m0/s1. The summed E-state index contributed by atoms with van der Waals surface area (Å²) in [4.78, 5) is 12.9. The summed E-state index contributed by atoms with van der Waals surface area (Å²) in [6.45, 7) is 3.17. The van der Waals surface area contributed by atoms with Gasteiger partial charge in [0.25, 0.3) is 10.0 Å². The largest absolute Gasteiger partial charge is 0.497 e. The van der Waals surface area contributed by atoms with E-state index in [1.807, 2.05) is 0 Å². The third-order valence-corrected chi connectivity index (χ3v) is 8.13. The van der Waals surface area contributed by atoms with Gasteiger partial charge in [0.05, 0.1) is 23.9 Å². The van der Waals surface area contributed by atoms with Gasteiger partial charge in [0.15, 0.2) is 0 Å². The van der Waals surface area contributed by atoms with Crippen LogP contribution in [0.5, 0.6) is 5.75 Å². The predicted octanol–water partition coefficient (Wildman–Crippen LogP) is 4.25. The Labute approximate surface area is 216 Å². The molecule has 0 heterocycles. The van der Waals surface area contributed by atoms with E-state index in [4.69, 9.17) is 16.3 Å². The zero-order valence-electron chi connectivity index (χ0n) is 20.0. The zero-order valence-corrected chi connectivity index (χ0v) is 22.4. The topological polar surface area (TPSA) is 122 Å². The third kappa shape index (κ3) is 6.48. The van der Waals surface area contributed by atoms with Crippen LogP contribution in [0.25, 0.3) is 0 Å². The van der Waals surface area contributed by atoms with Crippen LogP contribution in [0, 0.1) is 6.92 Å². The van der Waals surface area contributed by atoms with Crippen LogP contribution in [-0.4, -0.2) is 42.2 Å². The van der Waals surface area contributed by atoms with Gasteiger partial charge in [0.2, 0.25) is 15.9 Å². The fraction of sp³-hybridized carbons (Fsp3) is 0.208. The molecule has 0 unspecified atom stereocenters. The molecule has 2 N–H and O–H groups in total. The summed E-state index contributed by atoms with van der Waals surface area (Å²) < 4.78 is 59.0. The van der Waals surface area contributed by atoms with E-state index in [9.17, 15) is 21.6 Å². The molecule has 1 amide bonds. The molecule has 0 aromatic heterocycles. The number of carbonyl (C=O) groups is 1. The lowest BCUT2D eigenvalue weighted by Crippen LogP contribution is -2.45. The van der Waals surface area contributed by atoms with Crippen LogP contribution < -0.4 is 19.1 Å². The number of halogens is 1. The molecule has 0 aliphatic rings. The van der Waals surface area contributed by atoms with Gasteiger partial charge in [0.1, 0.15) is 11.8 Å². The van der Waals surface area contributed by atoms with Crippen LogP contribution >= 0.6 is 11.6 Å². The lowest BCUT2D eigenvalue weighted by molar-refractivity contribution is -0.116. The molecule has 192 valence electrons. The normalized spacial score (nSPS) is 12.5. The van der Waals surface area contributed by atoms with Gasteiger partial charge >= 0.3 is 0 Å². The zero-order chi connectivity index (χ0) is 26.7. The molecule has 0 aliphatic carbocycles. The second kappa shape index (κ2) is 10.8. The highest BCUT2D eigenvalue weighted by Crippen LogP contribution is 2.29. The number of carbonyl (C=O) groups excluding carboxylic acids is 1. The van der Waals surface area contributed by atoms with E-state index in [0.29, 0.717) is 33.4 Å². The number of amides is 1. The maximum Gasteiger partial charge on any atom is 0.261 e. The quantitative estimate of drug-likeness (QED) is 0.410. The molecule has 36 heavy (non-hydrogen) atoms. The first-order valence-electron chi connectivity index (χ1n) is 10.6. The number of hydrogen-bond acceptors (Lipinski definition) is 6. The lowest BCUT2D eigenvalue weighted by atomic mass is 10.1. The second-order valence-corrected chi connectivity index (χ2v) is 12.0. The first-order valence-corrected chi connectivity index (χ1v) is 14.4. The number of nitrogens with zero attached hydrogens (tertiary/aromatic N) is 1. The van der Waals surface area contributed by atoms with Crippen molar-refractivity contribution in [3.63, 3.8) is 0 Å². The molecule has 0 bridgehead atoms. The average Bonchev–Trinajstić information content (AvgIpc) is 2.81. The minimum atomic E-state index is -3.88. The van der Waals surface area contributed by atoms with Gasteiger partial charge in [-0.25, -0.2) is 16.8 Å². The number of hydrogen-bond donors (Lipinski definition) is 2. The summed E-state index contributed by atoms with van der Waals surface area (Å²) in [7, 11) is -6.20. The van der Waals surface area contributed by atoms with Gasteiger partial charge in [0, 0.05) is 16.4 Å². The SMILES string of the molecule is COc1ccc(NS(=O)(=O)c2ccc(NC(=O)[C@H](C)N(c3cc(Cl)ccc3C)S(C)(=O)=O)cc2)cc1. The summed E-state index contributed by atoms with van der Waals surface area (Å²) in [5.74, 6) is -0.0148. The summed E-state index contributed by atoms with van der Waals surface area (Å²) in [6, 6.07) is 15.6. The highest BCUT2D eigenvalue weighted by atomic mass is 35.5. The molecule has 0 saturated heterocycles. The maximum atomic E-state index is 13.0. The van der Waals surface area contributed by atoms with Gasteiger partial charge in [-0.1, -0.05) is 17.7 Å². The molecule has 3 aromatic rings. The van der Waals surface area contributed by atoms with Crippen molar-refractivity contribution >= 4 is 54.6 Å². The molecule has 3 aromatic carbocycles. The van der Waals surface area contributed by atoms with E-state index < -0.39 is 32.0 Å². The fourth-order valence-corrected chi connectivity index (χ4v) is 5.89. The minimum Gasteiger partial charge on any atom is -0.497 e. The van der Waals surface area contributed by atoms with Gasteiger partial charge in [-0.15, -0.1) is 0 Å². The monoisotopic (exact) mass is 551 g/mol. The van der Waals surface area contributed by atoms with Crippen LogP contribution in [0.2, 0.25) is 5.02 Å². The molecule has 0 saturated carbocycles. The summed E-state index contributed by atoms with van der Waals surface area (Å²) in [5.41, 5.74) is 1.58. The van der Waals surface area contributed by atoms with Crippen molar-refractivity contribution in [1.29, 1.82) is 0 Å². The molecule has 0 radical (unpaired) electrons. The smallest absolute Gasteiger partial charge is 0.261 e. The van der Waals surface area contributed by atoms with Crippen molar-refractivity contribution in [3.05, 3.63) is 77.3 Å². The van der Waals surface area contributed by atoms with Crippen molar-refractivity contribution in [2.24, 2.45) is 0 Å².